The number of rotatable bonds is 12. The average Bonchev–Trinajstić information content (AvgIpc) is 3.74. The summed E-state index contributed by atoms with van der Waals surface area (Å²) in [6.45, 7) is 5.09. The second kappa shape index (κ2) is 13.1. The molecule has 3 rings (SSSR count). The first-order chi connectivity index (χ1) is 20.5. The molecule has 3 aliphatic rings. The lowest BCUT2D eigenvalue weighted by atomic mass is 9.67. The number of aliphatic hydroxyl groups is 1. The number of Topliss-reactive ketones (excluding diaryl/α,β-unsaturated/α-hetero) is 1. The third kappa shape index (κ3) is 6.86. The van der Waals surface area contributed by atoms with Gasteiger partial charge in [-0.05, 0) is 39.1 Å². The Morgan fingerprint density at radius 3 is 2.30 bits per heavy atom. The molecule has 16 heteroatoms. The number of carbonyl (C=O) groups is 6. The van der Waals surface area contributed by atoms with E-state index in [0.717, 1.165) is 5.57 Å². The molecule has 0 aromatic heterocycles. The summed E-state index contributed by atoms with van der Waals surface area (Å²) in [6, 6.07) is 0. The second-order valence-corrected chi connectivity index (χ2v) is 11.8. The number of nitrogens with zero attached hydrogens (tertiary/aromatic N) is 5. The van der Waals surface area contributed by atoms with Gasteiger partial charge in [0.05, 0.1) is 18.5 Å². The summed E-state index contributed by atoms with van der Waals surface area (Å²) < 4.78 is 11.3. The predicted octanol–water partition coefficient (Wildman–Crippen LogP) is 0.364. The van der Waals surface area contributed by atoms with E-state index < -0.39 is 71.2 Å². The van der Waals surface area contributed by atoms with Crippen LogP contribution in [-0.2, 0) is 33.4 Å². The van der Waals surface area contributed by atoms with E-state index in [9.17, 15) is 33.9 Å². The van der Waals surface area contributed by atoms with Crippen molar-refractivity contribution in [1.29, 1.82) is 0 Å². The van der Waals surface area contributed by atoms with Gasteiger partial charge in [-0.15, -0.1) is 0 Å². The van der Waals surface area contributed by atoms with Crippen molar-refractivity contribution in [2.24, 2.45) is 15.9 Å². The number of hydrogen-bond acceptors (Lipinski definition) is 10. The van der Waals surface area contributed by atoms with Crippen molar-refractivity contribution >= 4 is 35.6 Å². The normalized spacial score (nSPS) is 24.4. The Kier molecular flexibility index (Phi) is 10.1. The predicted molar refractivity (Wildman–Crippen MR) is 153 cm³/mol. The van der Waals surface area contributed by atoms with Crippen LogP contribution in [-0.4, -0.2) is 116 Å². The molecule has 0 aromatic rings. The number of fused-ring (bicyclic) bond motifs is 1. The number of ketones is 1. The minimum absolute atomic E-state index is 0.0633. The van der Waals surface area contributed by atoms with Crippen LogP contribution in [0.25, 0.3) is 10.4 Å². The standard InChI is InChI=1S/C28H39N7O9/c1-16-22-18(23(40)27(4,42)28(16)7-8-28)11-26(3,15-43-17(2)36)24(22)44-25(41)35(6)10-9-34(5)21(39)14-31-19(37)12-30-20(38)13-32-33-29/h11,24,42H,7-10,12-15H2,1-6H3,(H,30,38)(H,31,37). The third-order valence-corrected chi connectivity index (χ3v) is 8.59. The molecule has 0 radical (unpaired) electrons. The molecule has 3 unspecified atom stereocenters. The Morgan fingerprint density at radius 2 is 1.70 bits per heavy atom. The monoisotopic (exact) mass is 617 g/mol. The highest BCUT2D eigenvalue weighted by Crippen LogP contribution is 2.65. The highest BCUT2D eigenvalue weighted by Gasteiger charge is 2.67. The molecular formula is C28H39N7O9. The SMILES string of the molecule is CC(=O)OCC1(C)C=C2C(=O)C(C)(O)C3(CC3)C(C)=C2C1OC(=O)N(C)CCN(C)C(=O)CNC(=O)CNC(=O)CN=[N+]=[N-]. The molecular weight excluding hydrogens is 578 g/mol. The zero-order chi connectivity index (χ0) is 33.0. The average molecular weight is 618 g/mol. The number of amides is 4. The van der Waals surface area contributed by atoms with Gasteiger partial charge in [0.15, 0.2) is 5.78 Å². The third-order valence-electron chi connectivity index (χ3n) is 8.59. The van der Waals surface area contributed by atoms with Crippen LogP contribution >= 0.6 is 0 Å². The molecule has 3 atom stereocenters. The Bertz CT molecular complexity index is 1360. The van der Waals surface area contributed by atoms with E-state index in [-0.39, 0.29) is 31.8 Å². The van der Waals surface area contributed by atoms with Crippen molar-refractivity contribution in [2.75, 3.05) is 53.4 Å². The molecule has 3 N–H and O–H groups in total. The number of hydrogen-bond donors (Lipinski definition) is 3. The van der Waals surface area contributed by atoms with E-state index in [4.69, 9.17) is 15.0 Å². The van der Waals surface area contributed by atoms with Crippen molar-refractivity contribution < 1.29 is 43.3 Å². The molecule has 0 aromatic carbocycles. The quantitative estimate of drug-likeness (QED) is 0.119. The van der Waals surface area contributed by atoms with Crippen LogP contribution in [0.4, 0.5) is 4.79 Å². The summed E-state index contributed by atoms with van der Waals surface area (Å²) in [5.41, 5.74) is 6.32. The van der Waals surface area contributed by atoms with E-state index in [1.165, 1.54) is 37.7 Å². The topological polar surface area (TPSA) is 220 Å². The van der Waals surface area contributed by atoms with Crippen LogP contribution in [0.15, 0.2) is 27.9 Å². The first-order valence-electron chi connectivity index (χ1n) is 14.1. The zero-order valence-electron chi connectivity index (χ0n) is 25.8. The molecule has 1 fully saturated rings. The van der Waals surface area contributed by atoms with Gasteiger partial charge < -0.3 is 35.0 Å². The number of nitrogens with one attached hydrogen (secondary N) is 2. The molecule has 4 amide bonds. The van der Waals surface area contributed by atoms with Crippen LogP contribution in [0, 0.1) is 10.8 Å². The van der Waals surface area contributed by atoms with Crippen molar-refractivity contribution in [1.82, 2.24) is 20.4 Å². The van der Waals surface area contributed by atoms with Gasteiger partial charge in [0.1, 0.15) is 24.9 Å². The van der Waals surface area contributed by atoms with Crippen molar-refractivity contribution in [2.45, 2.75) is 52.2 Å². The van der Waals surface area contributed by atoms with Crippen LogP contribution in [0.5, 0.6) is 0 Å². The van der Waals surface area contributed by atoms with E-state index in [0.29, 0.717) is 18.4 Å². The zero-order valence-corrected chi connectivity index (χ0v) is 25.8. The Labute approximate surface area is 254 Å². The van der Waals surface area contributed by atoms with E-state index in [2.05, 4.69) is 20.7 Å². The summed E-state index contributed by atoms with van der Waals surface area (Å²) in [4.78, 5) is 79.1. The molecule has 1 spiro atoms. The maximum absolute atomic E-state index is 13.5. The van der Waals surface area contributed by atoms with Gasteiger partial charge in [-0.2, -0.15) is 0 Å². The van der Waals surface area contributed by atoms with Gasteiger partial charge in [-0.25, -0.2) is 4.79 Å². The van der Waals surface area contributed by atoms with Gasteiger partial charge in [0.2, 0.25) is 17.7 Å². The largest absolute Gasteiger partial charge is 0.465 e. The lowest BCUT2D eigenvalue weighted by Crippen LogP contribution is -2.50. The molecule has 16 nitrogen and oxygen atoms in total. The fourth-order valence-corrected chi connectivity index (χ4v) is 5.61. The van der Waals surface area contributed by atoms with Crippen molar-refractivity contribution in [3.05, 3.63) is 33.2 Å². The van der Waals surface area contributed by atoms with Gasteiger partial charge in [-0.1, -0.05) is 16.8 Å². The summed E-state index contributed by atoms with van der Waals surface area (Å²) in [5, 5.41) is 18.9. The van der Waals surface area contributed by atoms with E-state index in [1.54, 1.807) is 13.0 Å². The molecule has 3 aliphatic carbocycles. The van der Waals surface area contributed by atoms with E-state index in [1.807, 2.05) is 6.92 Å². The molecule has 240 valence electrons. The van der Waals surface area contributed by atoms with Crippen LogP contribution in [0.2, 0.25) is 0 Å². The Balaban J connectivity index is 1.62. The maximum atomic E-state index is 13.5. The fraction of sp³-hybridized carbons (Fsp3) is 0.643. The van der Waals surface area contributed by atoms with Gasteiger partial charge in [0.25, 0.3) is 0 Å². The smallest absolute Gasteiger partial charge is 0.410 e. The summed E-state index contributed by atoms with van der Waals surface area (Å²) in [7, 11) is 2.97. The summed E-state index contributed by atoms with van der Waals surface area (Å²) in [6.07, 6.45) is 1.14. The molecule has 1 saturated carbocycles. The molecule has 44 heavy (non-hydrogen) atoms. The van der Waals surface area contributed by atoms with E-state index >= 15 is 0 Å². The molecule has 0 heterocycles. The molecule has 0 saturated heterocycles. The van der Waals surface area contributed by atoms with Gasteiger partial charge in [0, 0.05) is 55.6 Å². The first-order valence-corrected chi connectivity index (χ1v) is 14.1. The van der Waals surface area contributed by atoms with Crippen LogP contribution in [0.3, 0.4) is 0 Å². The Morgan fingerprint density at radius 1 is 1.09 bits per heavy atom. The number of likely N-dealkylation sites (N-methyl/N-ethyl adjacent to an activating group) is 2. The highest BCUT2D eigenvalue weighted by atomic mass is 16.6. The number of ether oxygens (including phenoxy) is 2. The Hall–Kier alpha value is -4.43. The minimum atomic E-state index is -1.61. The minimum Gasteiger partial charge on any atom is -0.465 e. The fourth-order valence-electron chi connectivity index (χ4n) is 5.61. The lowest BCUT2D eigenvalue weighted by Gasteiger charge is -2.40. The van der Waals surface area contributed by atoms with Crippen molar-refractivity contribution in [3.8, 4) is 0 Å². The molecule has 0 aliphatic heterocycles. The number of azide groups is 1. The lowest BCUT2D eigenvalue weighted by molar-refractivity contribution is -0.145. The van der Waals surface area contributed by atoms with Crippen LogP contribution in [0.1, 0.15) is 40.5 Å². The van der Waals surface area contributed by atoms with Gasteiger partial charge in [-0.3, -0.25) is 24.0 Å². The summed E-state index contributed by atoms with van der Waals surface area (Å²) >= 11 is 0. The van der Waals surface area contributed by atoms with Crippen LogP contribution < -0.4 is 10.6 Å². The molecule has 0 bridgehead atoms. The number of carbonyl (C=O) groups excluding carboxylic acids is 6. The second-order valence-electron chi connectivity index (χ2n) is 11.8. The maximum Gasteiger partial charge on any atom is 0.410 e. The van der Waals surface area contributed by atoms with Crippen molar-refractivity contribution in [3.63, 3.8) is 0 Å². The van der Waals surface area contributed by atoms with Gasteiger partial charge >= 0.3 is 12.1 Å². The number of esters is 1. The summed E-state index contributed by atoms with van der Waals surface area (Å²) in [5.74, 6) is -2.72. The highest BCUT2D eigenvalue weighted by molar-refractivity contribution is 6.09. The first kappa shape index (κ1) is 34.1.